The number of carbonyl (C=O) groups excluding carboxylic acids is 2. The average Bonchev–Trinajstić information content (AvgIpc) is 3.23. The number of ether oxygens (including phenoxy) is 1. The average molecular weight is 484 g/mol. The van der Waals surface area contributed by atoms with E-state index in [2.05, 4.69) is 20.1 Å². The Morgan fingerprint density at radius 1 is 1.29 bits per heavy atom. The molecule has 0 saturated carbocycles. The highest BCUT2D eigenvalue weighted by Crippen LogP contribution is 2.28. The number of benzene rings is 1. The number of anilines is 2. The number of alkyl halides is 3. The van der Waals surface area contributed by atoms with Crippen LogP contribution in [0.15, 0.2) is 48.8 Å². The molecule has 4 rings (SSSR count). The molecule has 3 aromatic rings. The van der Waals surface area contributed by atoms with Gasteiger partial charge in [-0.3, -0.25) is 19.0 Å². The van der Waals surface area contributed by atoms with Crippen LogP contribution in [0.5, 0.6) is 0 Å². The predicted molar refractivity (Wildman–Crippen MR) is 118 cm³/mol. The lowest BCUT2D eigenvalue weighted by molar-refractivity contribution is -0.324. The Labute approximate surface area is 197 Å². The van der Waals surface area contributed by atoms with E-state index in [-0.39, 0.29) is 29.4 Å². The molecule has 1 aliphatic rings. The highest BCUT2D eigenvalue weighted by molar-refractivity contribution is 6.15. The zero-order valence-corrected chi connectivity index (χ0v) is 18.4. The molecule has 1 aliphatic heterocycles. The topological polar surface area (TPSA) is 113 Å². The summed E-state index contributed by atoms with van der Waals surface area (Å²) >= 11 is 0. The van der Waals surface area contributed by atoms with E-state index in [4.69, 9.17) is 5.26 Å². The minimum atomic E-state index is -4.68. The summed E-state index contributed by atoms with van der Waals surface area (Å²) in [7, 11) is 0. The van der Waals surface area contributed by atoms with E-state index in [0.717, 1.165) is 0 Å². The Morgan fingerprint density at radius 3 is 2.71 bits per heavy atom. The molecule has 0 aliphatic carbocycles. The second-order valence-corrected chi connectivity index (χ2v) is 7.82. The van der Waals surface area contributed by atoms with Crippen molar-refractivity contribution in [3.05, 3.63) is 71.3 Å². The molecule has 0 radical (unpaired) electrons. The highest BCUT2D eigenvalue weighted by atomic mass is 19.4. The number of nitrogens with zero attached hydrogens (tertiary/aromatic N) is 5. The lowest BCUT2D eigenvalue weighted by atomic mass is 10.1. The molecular weight excluding hydrogens is 465 g/mol. The van der Waals surface area contributed by atoms with Crippen molar-refractivity contribution in [3.63, 3.8) is 0 Å². The normalized spacial score (nSPS) is 15.5. The minimum Gasteiger partial charge on any atom is -0.322 e. The van der Waals surface area contributed by atoms with Crippen molar-refractivity contribution in [3.8, 4) is 6.07 Å². The zero-order chi connectivity index (χ0) is 25.2. The third-order valence-corrected chi connectivity index (χ3v) is 5.39. The summed E-state index contributed by atoms with van der Waals surface area (Å²) in [5.74, 6) is -1.00. The van der Waals surface area contributed by atoms with Crippen LogP contribution >= 0.6 is 0 Å². The van der Waals surface area contributed by atoms with Crippen LogP contribution in [-0.4, -0.2) is 45.6 Å². The van der Waals surface area contributed by atoms with Crippen LogP contribution in [0, 0.1) is 11.3 Å². The maximum atomic E-state index is 13.4. The number of rotatable bonds is 6. The zero-order valence-electron chi connectivity index (χ0n) is 18.4. The summed E-state index contributed by atoms with van der Waals surface area (Å²) in [6.45, 7) is 1.66. The second-order valence-electron chi connectivity index (χ2n) is 7.82. The Morgan fingerprint density at radius 2 is 2.03 bits per heavy atom. The number of fused-ring (bicyclic) bond motifs is 1. The second kappa shape index (κ2) is 9.55. The smallest absolute Gasteiger partial charge is 0.322 e. The van der Waals surface area contributed by atoms with Crippen LogP contribution in [0.1, 0.15) is 39.0 Å². The van der Waals surface area contributed by atoms with Gasteiger partial charge in [0.1, 0.15) is 17.5 Å². The molecule has 0 bridgehead atoms. The van der Waals surface area contributed by atoms with Crippen molar-refractivity contribution >= 4 is 23.2 Å². The van der Waals surface area contributed by atoms with Gasteiger partial charge in [-0.25, -0.2) is 4.98 Å². The van der Waals surface area contributed by atoms with Gasteiger partial charge in [0.2, 0.25) is 0 Å². The third kappa shape index (κ3) is 5.30. The molecule has 3 heterocycles. The molecule has 0 fully saturated rings. The van der Waals surface area contributed by atoms with Gasteiger partial charge in [-0.05, 0) is 43.2 Å². The Bertz CT molecular complexity index is 1300. The molecule has 0 spiro atoms. The van der Waals surface area contributed by atoms with Crippen LogP contribution in [0.4, 0.5) is 24.5 Å². The fourth-order valence-electron chi connectivity index (χ4n) is 3.81. The first-order valence-corrected chi connectivity index (χ1v) is 10.5. The van der Waals surface area contributed by atoms with Crippen molar-refractivity contribution in [1.82, 2.24) is 14.8 Å². The van der Waals surface area contributed by atoms with E-state index in [1.807, 2.05) is 13.0 Å². The van der Waals surface area contributed by atoms with Crippen molar-refractivity contribution in [1.29, 1.82) is 5.26 Å². The molecular formula is C23H19F3N6O3. The van der Waals surface area contributed by atoms with E-state index in [9.17, 15) is 22.8 Å². The summed E-state index contributed by atoms with van der Waals surface area (Å²) < 4.78 is 41.8. The van der Waals surface area contributed by atoms with Gasteiger partial charge >= 0.3 is 6.36 Å². The monoisotopic (exact) mass is 484 g/mol. The first-order chi connectivity index (χ1) is 16.7. The standard InChI is InChI=1S/C23H19F3N6O3/c1-14-13-31-20(19(12-29-31)21(33)30-16-6-8-28-17(10-16)11-27)22(34)32(14)18-4-2-15(3-5-18)7-9-35-23(24,25)26/h2-6,8,10,12,14H,7,9,13H2,1H3,(H,28,30,33)/t14-/m0/s1. The summed E-state index contributed by atoms with van der Waals surface area (Å²) in [5, 5.41) is 15.8. The van der Waals surface area contributed by atoms with Gasteiger partial charge in [0.15, 0.2) is 0 Å². The van der Waals surface area contributed by atoms with Crippen molar-refractivity contribution in [2.45, 2.75) is 32.3 Å². The van der Waals surface area contributed by atoms with Crippen LogP contribution < -0.4 is 10.2 Å². The van der Waals surface area contributed by atoms with E-state index in [1.165, 1.54) is 34.1 Å². The lowest BCUT2D eigenvalue weighted by Gasteiger charge is -2.34. The molecule has 2 amide bonds. The van der Waals surface area contributed by atoms with Gasteiger partial charge in [0.25, 0.3) is 11.8 Å². The van der Waals surface area contributed by atoms with E-state index in [1.54, 1.807) is 24.3 Å². The SMILES string of the molecule is C[C@H]1Cn2ncc(C(=O)Nc3ccnc(C#N)c3)c2C(=O)N1c1ccc(CCOC(F)(F)F)cc1. The molecule has 180 valence electrons. The number of amides is 2. The maximum Gasteiger partial charge on any atom is 0.522 e. The molecule has 12 heteroatoms. The molecule has 1 N–H and O–H groups in total. The predicted octanol–water partition coefficient (Wildman–Crippen LogP) is 3.53. The molecule has 0 saturated heterocycles. The number of nitrogens with one attached hydrogen (secondary N) is 1. The summed E-state index contributed by atoms with van der Waals surface area (Å²) in [4.78, 5) is 31.7. The summed E-state index contributed by atoms with van der Waals surface area (Å²) in [5.41, 5.74) is 1.81. The number of carbonyl (C=O) groups is 2. The molecule has 0 unspecified atom stereocenters. The van der Waals surface area contributed by atoms with Crippen molar-refractivity contribution in [2.75, 3.05) is 16.8 Å². The molecule has 1 atom stereocenters. The minimum absolute atomic E-state index is 0.0584. The molecule has 1 aromatic carbocycles. The highest BCUT2D eigenvalue weighted by Gasteiger charge is 2.36. The molecule has 2 aromatic heterocycles. The fourth-order valence-corrected chi connectivity index (χ4v) is 3.81. The number of hydrogen-bond acceptors (Lipinski definition) is 6. The Balaban J connectivity index is 1.53. The Kier molecular flexibility index (Phi) is 6.52. The van der Waals surface area contributed by atoms with E-state index < -0.39 is 24.8 Å². The van der Waals surface area contributed by atoms with Gasteiger partial charge in [-0.1, -0.05) is 12.1 Å². The lowest BCUT2D eigenvalue weighted by Crippen LogP contribution is -2.47. The van der Waals surface area contributed by atoms with Gasteiger partial charge in [0, 0.05) is 17.6 Å². The van der Waals surface area contributed by atoms with Gasteiger partial charge in [0.05, 0.1) is 31.0 Å². The third-order valence-electron chi connectivity index (χ3n) is 5.39. The van der Waals surface area contributed by atoms with Crippen LogP contribution in [-0.2, 0) is 17.7 Å². The maximum absolute atomic E-state index is 13.4. The van der Waals surface area contributed by atoms with Gasteiger partial charge in [-0.2, -0.15) is 10.4 Å². The molecule has 35 heavy (non-hydrogen) atoms. The first-order valence-electron chi connectivity index (χ1n) is 10.5. The van der Waals surface area contributed by atoms with Crippen LogP contribution in [0.2, 0.25) is 0 Å². The van der Waals surface area contributed by atoms with Crippen molar-refractivity contribution in [2.24, 2.45) is 0 Å². The number of pyridine rings is 1. The van der Waals surface area contributed by atoms with Crippen LogP contribution in [0.25, 0.3) is 0 Å². The molecule has 9 nitrogen and oxygen atoms in total. The first kappa shape index (κ1) is 23.9. The summed E-state index contributed by atoms with van der Waals surface area (Å²) in [6.07, 6.45) is -1.93. The fraction of sp³-hybridized carbons (Fsp3) is 0.261. The van der Waals surface area contributed by atoms with E-state index in [0.29, 0.717) is 23.5 Å². The number of halogens is 3. The quantitative estimate of drug-likeness (QED) is 0.573. The van der Waals surface area contributed by atoms with E-state index >= 15 is 0 Å². The largest absolute Gasteiger partial charge is 0.522 e. The number of hydrogen-bond donors (Lipinski definition) is 1. The van der Waals surface area contributed by atoms with Crippen LogP contribution in [0.3, 0.4) is 0 Å². The van der Waals surface area contributed by atoms with Gasteiger partial charge in [-0.15, -0.1) is 13.2 Å². The Hall–Kier alpha value is -4.24. The summed E-state index contributed by atoms with van der Waals surface area (Å²) in [6, 6.07) is 11.1. The number of aromatic nitrogens is 3. The number of nitriles is 1. The van der Waals surface area contributed by atoms with Gasteiger partial charge < -0.3 is 10.2 Å². The van der Waals surface area contributed by atoms with Crippen molar-refractivity contribution < 1.29 is 27.5 Å².